The van der Waals surface area contributed by atoms with Gasteiger partial charge in [0.2, 0.25) is 5.91 Å². The van der Waals surface area contributed by atoms with Crippen molar-refractivity contribution in [3.05, 3.63) is 34.9 Å². The minimum absolute atomic E-state index is 0.00233. The Morgan fingerprint density at radius 1 is 1.45 bits per heavy atom. The highest BCUT2D eigenvalue weighted by atomic mass is 16.2. The lowest BCUT2D eigenvalue weighted by molar-refractivity contribution is -0.119. The molecule has 0 aliphatic rings. The summed E-state index contributed by atoms with van der Waals surface area (Å²) in [6, 6.07) is 4.37. The molecule has 0 heterocycles. The first-order valence-corrected chi connectivity index (χ1v) is 6.26. The Morgan fingerprint density at radius 3 is 2.75 bits per heavy atom. The minimum atomic E-state index is -0.729. The maximum atomic E-state index is 11.9. The Hall–Kier alpha value is -2.32. The Kier molecular flexibility index (Phi) is 5.75. The third-order valence-corrected chi connectivity index (χ3v) is 2.73. The van der Waals surface area contributed by atoms with E-state index in [1.807, 2.05) is 6.92 Å². The highest BCUT2D eigenvalue weighted by Crippen LogP contribution is 2.10. The summed E-state index contributed by atoms with van der Waals surface area (Å²) in [4.78, 5) is 22.9. The van der Waals surface area contributed by atoms with E-state index in [0.29, 0.717) is 12.0 Å². The molecule has 0 fully saturated rings. The van der Waals surface area contributed by atoms with Crippen LogP contribution in [-0.4, -0.2) is 29.6 Å². The van der Waals surface area contributed by atoms with Gasteiger partial charge in [0, 0.05) is 17.5 Å². The summed E-state index contributed by atoms with van der Waals surface area (Å²) >= 11 is 0. The van der Waals surface area contributed by atoms with Crippen LogP contribution in [-0.2, 0) is 4.79 Å². The lowest BCUT2D eigenvalue weighted by Gasteiger charge is -2.10. The summed E-state index contributed by atoms with van der Waals surface area (Å²) < 4.78 is 0. The first-order valence-electron chi connectivity index (χ1n) is 6.26. The molecule has 0 aromatic heterocycles. The molecule has 1 aromatic rings. The lowest BCUT2D eigenvalue weighted by atomic mass is 10.0. The summed E-state index contributed by atoms with van der Waals surface area (Å²) in [6.45, 7) is 3.41. The molecule has 0 spiro atoms. The molecule has 1 aromatic carbocycles. The standard InChI is InChI=1S/C15H18N2O3/c1-10-6-7-13(9-12(10)5-3-4-8-18)15(20)17-11(2)14(16)19/h6-7,9,11,18H,4,8H2,1-2H3,(H2,16,19)(H,17,20). The molecule has 2 amide bonds. The van der Waals surface area contributed by atoms with Crippen LogP contribution in [0.25, 0.3) is 0 Å². The van der Waals surface area contributed by atoms with Crippen LogP contribution >= 0.6 is 0 Å². The molecule has 5 nitrogen and oxygen atoms in total. The van der Waals surface area contributed by atoms with Gasteiger partial charge < -0.3 is 16.2 Å². The van der Waals surface area contributed by atoms with Gasteiger partial charge in [0.1, 0.15) is 6.04 Å². The molecular weight excluding hydrogens is 256 g/mol. The number of rotatable bonds is 4. The van der Waals surface area contributed by atoms with Crippen molar-refractivity contribution in [2.24, 2.45) is 5.73 Å². The molecule has 0 saturated carbocycles. The maximum absolute atomic E-state index is 11.9. The molecule has 4 N–H and O–H groups in total. The smallest absolute Gasteiger partial charge is 0.251 e. The van der Waals surface area contributed by atoms with Gasteiger partial charge in [-0.2, -0.15) is 0 Å². The SMILES string of the molecule is Cc1ccc(C(=O)NC(C)C(N)=O)cc1C#CCCO. The van der Waals surface area contributed by atoms with Gasteiger partial charge in [0.25, 0.3) is 5.91 Å². The number of carbonyl (C=O) groups is 2. The van der Waals surface area contributed by atoms with Crippen LogP contribution in [0.4, 0.5) is 0 Å². The highest BCUT2D eigenvalue weighted by molar-refractivity contribution is 5.97. The number of aliphatic hydroxyl groups excluding tert-OH is 1. The van der Waals surface area contributed by atoms with E-state index in [1.165, 1.54) is 6.92 Å². The number of benzene rings is 1. The molecule has 0 saturated heterocycles. The average Bonchev–Trinajstić information content (AvgIpc) is 2.40. The van der Waals surface area contributed by atoms with Crippen LogP contribution in [0.2, 0.25) is 0 Å². The molecule has 1 unspecified atom stereocenters. The van der Waals surface area contributed by atoms with Crippen molar-refractivity contribution in [1.29, 1.82) is 0 Å². The topological polar surface area (TPSA) is 92.4 Å². The van der Waals surface area contributed by atoms with Crippen LogP contribution in [0.1, 0.15) is 34.8 Å². The van der Waals surface area contributed by atoms with E-state index >= 15 is 0 Å². The van der Waals surface area contributed by atoms with E-state index < -0.39 is 11.9 Å². The number of nitrogens with two attached hydrogens (primary N) is 1. The summed E-state index contributed by atoms with van der Waals surface area (Å²) in [6.07, 6.45) is 0.384. The summed E-state index contributed by atoms with van der Waals surface area (Å²) in [5.74, 6) is 4.75. The van der Waals surface area contributed by atoms with Crippen molar-refractivity contribution in [3.8, 4) is 11.8 Å². The summed E-state index contributed by atoms with van der Waals surface area (Å²) in [5.41, 5.74) is 7.17. The second-order valence-electron chi connectivity index (χ2n) is 4.40. The number of aryl methyl sites for hydroxylation is 1. The van der Waals surface area contributed by atoms with Gasteiger partial charge in [0.05, 0.1) is 6.61 Å². The first-order chi connectivity index (χ1) is 9.45. The lowest BCUT2D eigenvalue weighted by Crippen LogP contribution is -2.42. The fraction of sp³-hybridized carbons (Fsp3) is 0.333. The van der Waals surface area contributed by atoms with Gasteiger partial charge in [-0.05, 0) is 31.5 Å². The molecule has 1 rings (SSSR count). The number of hydrogen-bond donors (Lipinski definition) is 3. The number of primary amides is 1. The normalized spacial score (nSPS) is 11.2. The van der Waals surface area contributed by atoms with Crippen LogP contribution < -0.4 is 11.1 Å². The minimum Gasteiger partial charge on any atom is -0.395 e. The van der Waals surface area contributed by atoms with Crippen LogP contribution in [0, 0.1) is 18.8 Å². The van der Waals surface area contributed by atoms with Crippen LogP contribution in [0.3, 0.4) is 0 Å². The quantitative estimate of drug-likeness (QED) is 0.691. The number of hydrogen-bond acceptors (Lipinski definition) is 3. The molecule has 106 valence electrons. The fourth-order valence-electron chi connectivity index (χ4n) is 1.46. The number of carbonyl (C=O) groups excluding carboxylic acids is 2. The maximum Gasteiger partial charge on any atom is 0.251 e. The van der Waals surface area contributed by atoms with E-state index in [1.54, 1.807) is 18.2 Å². The number of aliphatic hydroxyl groups is 1. The zero-order chi connectivity index (χ0) is 15.1. The Labute approximate surface area is 118 Å². The van der Waals surface area contributed by atoms with Gasteiger partial charge in [-0.3, -0.25) is 9.59 Å². The van der Waals surface area contributed by atoms with Crippen molar-refractivity contribution in [2.45, 2.75) is 26.3 Å². The molecule has 20 heavy (non-hydrogen) atoms. The van der Waals surface area contributed by atoms with Crippen molar-refractivity contribution in [1.82, 2.24) is 5.32 Å². The van der Waals surface area contributed by atoms with Crippen molar-refractivity contribution < 1.29 is 14.7 Å². The number of nitrogens with one attached hydrogen (secondary N) is 1. The van der Waals surface area contributed by atoms with Gasteiger partial charge in [0.15, 0.2) is 0 Å². The van der Waals surface area contributed by atoms with Crippen LogP contribution in [0.5, 0.6) is 0 Å². The second kappa shape index (κ2) is 7.31. The van der Waals surface area contributed by atoms with Crippen molar-refractivity contribution in [2.75, 3.05) is 6.61 Å². The number of amides is 2. The monoisotopic (exact) mass is 274 g/mol. The van der Waals surface area contributed by atoms with Crippen molar-refractivity contribution in [3.63, 3.8) is 0 Å². The molecule has 0 radical (unpaired) electrons. The van der Waals surface area contributed by atoms with Crippen LogP contribution in [0.15, 0.2) is 18.2 Å². The second-order valence-corrected chi connectivity index (χ2v) is 4.40. The van der Waals surface area contributed by atoms with Gasteiger partial charge >= 0.3 is 0 Å². The third-order valence-electron chi connectivity index (χ3n) is 2.73. The molecular formula is C15H18N2O3. The van der Waals surface area contributed by atoms with Gasteiger partial charge in [-0.25, -0.2) is 0 Å². The predicted octanol–water partition coefficient (Wildman–Crippen LogP) is 0.333. The molecule has 1 atom stereocenters. The van der Waals surface area contributed by atoms with E-state index in [0.717, 1.165) is 11.1 Å². The van der Waals surface area contributed by atoms with Gasteiger partial charge in [-0.15, -0.1) is 0 Å². The zero-order valence-electron chi connectivity index (χ0n) is 11.6. The molecule has 5 heteroatoms. The summed E-state index contributed by atoms with van der Waals surface area (Å²) in [5, 5.41) is 11.2. The predicted molar refractivity (Wildman–Crippen MR) is 75.9 cm³/mol. The highest BCUT2D eigenvalue weighted by Gasteiger charge is 2.14. The Balaban J connectivity index is 2.92. The van der Waals surface area contributed by atoms with Gasteiger partial charge in [-0.1, -0.05) is 17.9 Å². The van der Waals surface area contributed by atoms with E-state index in [2.05, 4.69) is 17.2 Å². The van der Waals surface area contributed by atoms with Crippen molar-refractivity contribution >= 4 is 11.8 Å². The third kappa shape index (κ3) is 4.41. The Bertz CT molecular complexity index is 570. The molecule has 0 bridgehead atoms. The largest absolute Gasteiger partial charge is 0.395 e. The van der Waals surface area contributed by atoms with E-state index in [4.69, 9.17) is 10.8 Å². The molecule has 0 aliphatic carbocycles. The van der Waals surface area contributed by atoms with E-state index in [9.17, 15) is 9.59 Å². The van der Waals surface area contributed by atoms with E-state index in [-0.39, 0.29) is 12.5 Å². The first kappa shape index (κ1) is 15.7. The summed E-state index contributed by atoms with van der Waals surface area (Å²) in [7, 11) is 0. The Morgan fingerprint density at radius 2 is 2.15 bits per heavy atom. The fourth-order valence-corrected chi connectivity index (χ4v) is 1.46. The zero-order valence-corrected chi connectivity index (χ0v) is 11.6. The average molecular weight is 274 g/mol. The molecule has 0 aliphatic heterocycles.